The summed E-state index contributed by atoms with van der Waals surface area (Å²) in [6.45, 7) is 14.9. The molecule has 0 fully saturated rings. The smallest absolute Gasteiger partial charge is 0.238 e. The van der Waals surface area contributed by atoms with Gasteiger partial charge in [-0.15, -0.1) is 22.7 Å². The van der Waals surface area contributed by atoms with Crippen molar-refractivity contribution in [3.05, 3.63) is 411 Å². The largest absolute Gasteiger partial charge is 0.456 e. The summed E-state index contributed by atoms with van der Waals surface area (Å²) in [7, 11) is 0. The molecular formula is C112H63N13OS2. The number of thiophene rings is 2. The summed E-state index contributed by atoms with van der Waals surface area (Å²) in [6.07, 6.45) is 0. The molecular weight excluding hydrogens is 1610 g/mol. The van der Waals surface area contributed by atoms with Gasteiger partial charge >= 0.3 is 0 Å². The Labute approximate surface area is 738 Å². The van der Waals surface area contributed by atoms with Crippen molar-refractivity contribution in [3.63, 3.8) is 0 Å². The van der Waals surface area contributed by atoms with Crippen LogP contribution in [-0.2, 0) is 0 Å². The molecule has 16 heteroatoms. The molecule has 9 aromatic heterocycles. The summed E-state index contributed by atoms with van der Waals surface area (Å²) in [6, 6.07) is 132. The SMILES string of the molecule is N#Cc1ccc(-c2nc(-c3ccccc3)nc(-n3c4ccccc4c4cc5sc6ccccc6c5cc43)n2)cc1.[C-]#[N+]c1ccc(-c2nc(-c3cccc(-n4c5ccccc5c5cc6sc7ccccc7c6cc54)c3)nc3ccccc23)cc1.[C-]#[N+]c1cccc(-c2nc(-c3cccc(-n4c5ccccc5c5cc6oc7ccccc7c6cc54)c3)nc3ccccc23)c1. The molecule has 0 aliphatic heterocycles. The lowest BCUT2D eigenvalue weighted by molar-refractivity contribution is 0.669. The fourth-order valence-corrected chi connectivity index (χ4v) is 20.4. The highest BCUT2D eigenvalue weighted by atomic mass is 32.1. The van der Waals surface area contributed by atoms with Crippen molar-refractivity contribution in [1.82, 2.24) is 48.6 Å². The van der Waals surface area contributed by atoms with E-state index < -0.39 is 0 Å². The summed E-state index contributed by atoms with van der Waals surface area (Å²) in [5.41, 5.74) is 21.2. The molecule has 17 aromatic carbocycles. The maximum atomic E-state index is 9.29. The lowest BCUT2D eigenvalue weighted by Gasteiger charge is -2.12. The summed E-state index contributed by atoms with van der Waals surface area (Å²) in [4.78, 5) is 42.3. The lowest BCUT2D eigenvalue weighted by atomic mass is 10.0. The first-order valence-electron chi connectivity index (χ1n) is 41.8. The van der Waals surface area contributed by atoms with Crippen LogP contribution in [-0.4, -0.2) is 48.6 Å². The van der Waals surface area contributed by atoms with E-state index >= 15 is 0 Å². The first-order valence-corrected chi connectivity index (χ1v) is 43.5. The standard InChI is InChI=1S/C39H22N4O.C39H22N4S.C34H19N5S/c1-40-26-12-8-10-24(20-26)38-30-16-2-5-17-33(30)41-39(42-38)25-11-9-13-27(21-25)43-34-18-6-3-14-28(34)31-23-37-32(22-35(31)43)29-15-4-7-19-36(29)44-37;1-40-26-19-17-24(18-20-26)38-30-13-2-5-14-33(30)41-39(42-38)25-9-8-10-27(21-25)43-34-15-6-3-11-28(34)31-23-37-32(22-35(31)43)29-12-4-7-16-36(29)44-37;35-20-21-14-16-23(17-15-21)33-36-32(22-8-2-1-3-9-22)37-34(38-33)39-28-12-6-4-10-24(28)26-19-31-27(18-29(26)39)25-11-5-7-13-30(25)40-31/h2*2-23H;1-19H. The Balaban J connectivity index is 0.000000107. The van der Waals surface area contributed by atoms with Gasteiger partial charge < -0.3 is 13.6 Å². The van der Waals surface area contributed by atoms with Gasteiger partial charge in [0.05, 0.1) is 80.3 Å². The highest BCUT2D eigenvalue weighted by Gasteiger charge is 2.24. The predicted octanol–water partition coefficient (Wildman–Crippen LogP) is 30.0. The van der Waals surface area contributed by atoms with E-state index in [4.69, 9.17) is 52.4 Å². The Morgan fingerprint density at radius 3 is 1.23 bits per heavy atom. The van der Waals surface area contributed by atoms with Crippen LogP contribution in [0.5, 0.6) is 0 Å². The molecule has 0 radical (unpaired) electrons. The predicted molar refractivity (Wildman–Crippen MR) is 525 cm³/mol. The van der Waals surface area contributed by atoms with Crippen molar-refractivity contribution >= 4 is 184 Å². The third-order valence-electron chi connectivity index (χ3n) is 24.1. The maximum Gasteiger partial charge on any atom is 0.238 e. The highest BCUT2D eigenvalue weighted by molar-refractivity contribution is 7.26. The zero-order chi connectivity index (χ0) is 85.0. The monoisotopic (exact) mass is 1670 g/mol. The van der Waals surface area contributed by atoms with Gasteiger partial charge in [-0.1, -0.05) is 243 Å². The molecule has 26 rings (SSSR count). The molecule has 9 heterocycles. The molecule has 0 amide bonds. The van der Waals surface area contributed by atoms with Crippen molar-refractivity contribution < 1.29 is 4.42 Å². The lowest BCUT2D eigenvalue weighted by Crippen LogP contribution is -2.06. The second-order valence-electron chi connectivity index (χ2n) is 31.5. The van der Waals surface area contributed by atoms with Crippen LogP contribution in [0, 0.1) is 24.5 Å². The number of aromatic nitrogens is 10. The average Bonchev–Trinajstić information content (AvgIpc) is 1.57. The van der Waals surface area contributed by atoms with Gasteiger partial charge in [0, 0.05) is 128 Å². The number of hydrogen-bond acceptors (Lipinski definition) is 11. The summed E-state index contributed by atoms with van der Waals surface area (Å²) in [5.74, 6) is 3.01. The quantitative estimate of drug-likeness (QED) is 0.129. The van der Waals surface area contributed by atoms with Crippen molar-refractivity contribution in [2.75, 3.05) is 0 Å². The Morgan fingerprint density at radius 2 is 0.680 bits per heavy atom. The number of furan rings is 1. The van der Waals surface area contributed by atoms with Gasteiger partial charge in [-0.3, -0.25) is 4.57 Å². The Morgan fingerprint density at radius 1 is 0.258 bits per heavy atom. The van der Waals surface area contributed by atoms with Crippen LogP contribution in [0.3, 0.4) is 0 Å². The van der Waals surface area contributed by atoms with Gasteiger partial charge in [-0.2, -0.15) is 15.2 Å². The summed E-state index contributed by atoms with van der Waals surface area (Å²) >= 11 is 3.67. The molecule has 594 valence electrons. The molecule has 0 N–H and O–H groups in total. The van der Waals surface area contributed by atoms with E-state index in [0.717, 1.165) is 138 Å². The van der Waals surface area contributed by atoms with Crippen LogP contribution in [0.4, 0.5) is 11.4 Å². The third-order valence-corrected chi connectivity index (χ3v) is 26.4. The van der Waals surface area contributed by atoms with Gasteiger partial charge in [0.1, 0.15) is 11.2 Å². The van der Waals surface area contributed by atoms with E-state index in [2.05, 4.69) is 254 Å². The summed E-state index contributed by atoms with van der Waals surface area (Å²) in [5, 5.41) is 25.6. The van der Waals surface area contributed by atoms with Gasteiger partial charge in [-0.05, 0) is 151 Å². The van der Waals surface area contributed by atoms with Crippen molar-refractivity contribution in [2.45, 2.75) is 0 Å². The number of para-hydroxylation sites is 6. The second-order valence-corrected chi connectivity index (χ2v) is 33.7. The molecule has 0 saturated carbocycles. The molecule has 0 saturated heterocycles. The molecule has 0 aliphatic rings. The fraction of sp³-hybridized carbons (Fsp3) is 0. The van der Waals surface area contributed by atoms with Gasteiger partial charge in [-0.25, -0.2) is 34.6 Å². The molecule has 0 aliphatic carbocycles. The molecule has 128 heavy (non-hydrogen) atoms. The van der Waals surface area contributed by atoms with E-state index in [0.29, 0.717) is 46.2 Å². The molecule has 0 unspecified atom stereocenters. The molecule has 26 aromatic rings. The Bertz CT molecular complexity index is 9220. The molecule has 14 nitrogen and oxygen atoms in total. The van der Waals surface area contributed by atoms with Crippen molar-refractivity contribution in [3.8, 4) is 91.5 Å². The molecule has 0 bridgehead atoms. The van der Waals surface area contributed by atoms with E-state index in [1.54, 1.807) is 12.1 Å². The van der Waals surface area contributed by atoms with Crippen LogP contribution in [0.25, 0.3) is 245 Å². The minimum atomic E-state index is 0.554. The minimum Gasteiger partial charge on any atom is -0.456 e. The van der Waals surface area contributed by atoms with E-state index in [-0.39, 0.29) is 0 Å². The zero-order valence-electron chi connectivity index (χ0n) is 67.9. The van der Waals surface area contributed by atoms with Gasteiger partial charge in [0.2, 0.25) is 5.95 Å². The van der Waals surface area contributed by atoms with Gasteiger partial charge in [0.15, 0.2) is 34.7 Å². The Kier molecular flexibility index (Phi) is 17.7. The number of nitrogens with zero attached hydrogens (tertiary/aromatic N) is 13. The minimum absolute atomic E-state index is 0.554. The van der Waals surface area contributed by atoms with E-state index in [1.807, 2.05) is 168 Å². The van der Waals surface area contributed by atoms with E-state index in [9.17, 15) is 5.26 Å². The highest BCUT2D eigenvalue weighted by Crippen LogP contribution is 2.46. The van der Waals surface area contributed by atoms with Gasteiger partial charge in [0.25, 0.3) is 0 Å². The van der Waals surface area contributed by atoms with Crippen molar-refractivity contribution in [1.29, 1.82) is 5.26 Å². The normalized spacial score (nSPS) is 11.6. The number of nitriles is 1. The van der Waals surface area contributed by atoms with Crippen LogP contribution in [0.2, 0.25) is 0 Å². The summed E-state index contributed by atoms with van der Waals surface area (Å²) < 4.78 is 18.2. The molecule has 0 atom stereocenters. The number of rotatable bonds is 9. The van der Waals surface area contributed by atoms with Crippen LogP contribution in [0.1, 0.15) is 5.56 Å². The zero-order valence-corrected chi connectivity index (χ0v) is 69.5. The van der Waals surface area contributed by atoms with Crippen LogP contribution < -0.4 is 0 Å². The first-order chi connectivity index (χ1) is 63.3. The molecule has 0 spiro atoms. The Hall–Kier alpha value is -17.5. The average molecular weight is 1670 g/mol. The van der Waals surface area contributed by atoms with Crippen LogP contribution >= 0.6 is 22.7 Å². The maximum absolute atomic E-state index is 9.29. The first kappa shape index (κ1) is 74.4. The number of hydrogen-bond donors (Lipinski definition) is 0. The topological polar surface area (TPSA) is 151 Å². The number of benzene rings is 17. The van der Waals surface area contributed by atoms with E-state index in [1.165, 1.54) is 67.5 Å². The third kappa shape index (κ3) is 12.7. The fourth-order valence-electron chi connectivity index (χ4n) is 18.2. The van der Waals surface area contributed by atoms with Crippen molar-refractivity contribution in [2.24, 2.45) is 0 Å². The van der Waals surface area contributed by atoms with Crippen LogP contribution in [0.15, 0.2) is 387 Å². The second kappa shape index (κ2) is 30.5. The number of fused-ring (bicyclic) bond motifs is 20.